The minimum atomic E-state index is -1.62. The molecule has 0 fully saturated rings. The maximum absolute atomic E-state index is 11.8. The van der Waals surface area contributed by atoms with E-state index in [0.29, 0.717) is 11.4 Å². The van der Waals surface area contributed by atoms with E-state index in [9.17, 15) is 4.79 Å². The summed E-state index contributed by atoms with van der Waals surface area (Å²) in [5.74, 6) is -0.344. The molecule has 0 spiro atoms. The number of nitrogens with zero attached hydrogens (tertiary/aromatic N) is 2. The Hall–Kier alpha value is -2.18. The molecule has 0 saturated carbocycles. The van der Waals surface area contributed by atoms with Crippen LogP contribution in [0, 0.1) is 6.92 Å². The number of aromatic nitrogens is 2. The van der Waals surface area contributed by atoms with Crippen LogP contribution in [0.5, 0.6) is 0 Å². The summed E-state index contributed by atoms with van der Waals surface area (Å²) in [6.07, 6.45) is 1.25. The molecule has 2 aromatic heterocycles. The van der Waals surface area contributed by atoms with E-state index in [1.807, 2.05) is 0 Å². The highest BCUT2D eigenvalue weighted by Gasteiger charge is 2.09. The topological polar surface area (TPSA) is 87.4 Å². The van der Waals surface area contributed by atoms with Crippen LogP contribution in [0.15, 0.2) is 36.7 Å². The summed E-state index contributed by atoms with van der Waals surface area (Å²) >= 11 is 0. The number of aliphatic hydroxyl groups is 2. The van der Waals surface area contributed by atoms with Gasteiger partial charge in [-0.1, -0.05) is 6.07 Å². The molecular formula is C12H13N3O3. The normalized spacial score (nSPS) is 10.7. The smallest absolute Gasteiger partial charge is 0.274 e. The Morgan fingerprint density at radius 1 is 1.39 bits per heavy atom. The van der Waals surface area contributed by atoms with Crippen molar-refractivity contribution in [2.45, 2.75) is 13.3 Å². The number of pyridine rings is 1. The molecule has 18 heavy (non-hydrogen) atoms. The van der Waals surface area contributed by atoms with Crippen LogP contribution in [0.25, 0.3) is 0 Å². The highest BCUT2D eigenvalue weighted by Crippen LogP contribution is 2.12. The molecule has 0 bridgehead atoms. The van der Waals surface area contributed by atoms with Gasteiger partial charge in [-0.05, 0) is 25.1 Å². The lowest BCUT2D eigenvalue weighted by Crippen LogP contribution is -2.13. The Morgan fingerprint density at radius 2 is 2.17 bits per heavy atom. The molecular weight excluding hydrogens is 234 g/mol. The van der Waals surface area contributed by atoms with Crippen molar-refractivity contribution in [2.24, 2.45) is 0 Å². The van der Waals surface area contributed by atoms with Crippen LogP contribution in [-0.4, -0.2) is 25.7 Å². The van der Waals surface area contributed by atoms with Gasteiger partial charge >= 0.3 is 0 Å². The van der Waals surface area contributed by atoms with Crippen molar-refractivity contribution >= 4 is 11.6 Å². The van der Waals surface area contributed by atoms with Gasteiger partial charge in [0.15, 0.2) is 0 Å². The van der Waals surface area contributed by atoms with Crippen molar-refractivity contribution in [3.63, 3.8) is 0 Å². The molecule has 94 valence electrons. The Labute approximate surface area is 104 Å². The van der Waals surface area contributed by atoms with Gasteiger partial charge in [0.1, 0.15) is 5.69 Å². The highest BCUT2D eigenvalue weighted by atomic mass is 16.5. The fourth-order valence-corrected chi connectivity index (χ4v) is 1.50. The highest BCUT2D eigenvalue weighted by molar-refractivity contribution is 6.02. The third-order valence-corrected chi connectivity index (χ3v) is 2.36. The van der Waals surface area contributed by atoms with Gasteiger partial charge in [0.05, 0.1) is 5.69 Å². The average Bonchev–Trinajstić information content (AvgIpc) is 2.77. The van der Waals surface area contributed by atoms with Crippen LogP contribution in [0.3, 0.4) is 0 Å². The zero-order chi connectivity index (χ0) is 13.1. The first kappa shape index (κ1) is 12.3. The summed E-state index contributed by atoms with van der Waals surface area (Å²) in [5, 5.41) is 20.5. The third-order valence-electron chi connectivity index (χ3n) is 2.36. The molecule has 0 aliphatic carbocycles. The number of rotatable bonds is 3. The minimum absolute atomic E-state index is 0.312. The van der Waals surface area contributed by atoms with E-state index in [1.54, 1.807) is 31.2 Å². The first-order chi connectivity index (χ1) is 8.56. The molecule has 0 aliphatic heterocycles. The predicted octanol–water partition coefficient (Wildman–Crippen LogP) is 0.885. The molecule has 2 heterocycles. The average molecular weight is 247 g/mol. The number of aryl methyl sites for hydroxylation is 1. The summed E-state index contributed by atoms with van der Waals surface area (Å²) < 4.78 is 1.15. The molecule has 0 radical (unpaired) electrons. The van der Waals surface area contributed by atoms with Crippen LogP contribution in [0.1, 0.15) is 22.6 Å². The molecule has 1 amide bonds. The molecule has 0 aliphatic rings. The van der Waals surface area contributed by atoms with Crippen LogP contribution >= 0.6 is 0 Å². The summed E-state index contributed by atoms with van der Waals surface area (Å²) in [5.41, 5.74) is 1.54. The number of hydrogen-bond acceptors (Lipinski definition) is 4. The molecule has 6 heteroatoms. The largest absolute Gasteiger partial charge is 0.351 e. The second-order valence-electron chi connectivity index (χ2n) is 3.81. The zero-order valence-corrected chi connectivity index (χ0v) is 9.74. The van der Waals surface area contributed by atoms with Crippen molar-refractivity contribution in [1.29, 1.82) is 0 Å². The first-order valence-corrected chi connectivity index (χ1v) is 5.35. The molecule has 6 nitrogen and oxygen atoms in total. The molecule has 2 aromatic rings. The van der Waals surface area contributed by atoms with Crippen molar-refractivity contribution < 1.29 is 15.0 Å². The van der Waals surface area contributed by atoms with Gasteiger partial charge in [0, 0.05) is 18.1 Å². The Kier molecular flexibility index (Phi) is 3.40. The maximum Gasteiger partial charge on any atom is 0.274 e. The molecule has 0 aromatic carbocycles. The molecule has 0 saturated heterocycles. The summed E-state index contributed by atoms with van der Waals surface area (Å²) in [6.45, 7) is 1.80. The van der Waals surface area contributed by atoms with Crippen molar-refractivity contribution in [1.82, 2.24) is 9.55 Å². The van der Waals surface area contributed by atoms with Crippen LogP contribution in [0.4, 0.5) is 5.69 Å². The van der Waals surface area contributed by atoms with E-state index >= 15 is 0 Å². The minimum Gasteiger partial charge on any atom is -0.351 e. The lowest BCUT2D eigenvalue weighted by molar-refractivity contribution is -0.102. The number of hydrogen-bond donors (Lipinski definition) is 3. The van der Waals surface area contributed by atoms with Crippen LogP contribution in [-0.2, 0) is 0 Å². The standard InChI is InChI=1S/C12H13N3O3/c1-8-3-2-4-10(13-8)11(16)14-9-5-6-15(7-9)12(17)18/h2-7,12,17-18H,1H3,(H,14,16). The van der Waals surface area contributed by atoms with E-state index in [-0.39, 0.29) is 5.91 Å². The summed E-state index contributed by atoms with van der Waals surface area (Å²) in [7, 11) is 0. The van der Waals surface area contributed by atoms with Crippen LogP contribution in [0.2, 0.25) is 0 Å². The van der Waals surface area contributed by atoms with Gasteiger partial charge < -0.3 is 20.1 Å². The van der Waals surface area contributed by atoms with Crippen molar-refractivity contribution in [3.8, 4) is 0 Å². The second-order valence-corrected chi connectivity index (χ2v) is 3.81. The fourth-order valence-electron chi connectivity index (χ4n) is 1.50. The fraction of sp³-hybridized carbons (Fsp3) is 0.167. The number of carbonyl (C=O) groups is 1. The van der Waals surface area contributed by atoms with Crippen molar-refractivity contribution in [2.75, 3.05) is 5.32 Å². The third kappa shape index (κ3) is 2.73. The van der Waals surface area contributed by atoms with E-state index in [0.717, 1.165) is 10.3 Å². The SMILES string of the molecule is Cc1cccc(C(=O)Nc2ccn(C(O)O)c2)n1. The summed E-state index contributed by atoms with van der Waals surface area (Å²) in [4.78, 5) is 15.9. The Morgan fingerprint density at radius 3 is 2.78 bits per heavy atom. The molecule has 3 N–H and O–H groups in total. The maximum atomic E-state index is 11.8. The predicted molar refractivity (Wildman–Crippen MR) is 64.8 cm³/mol. The van der Waals surface area contributed by atoms with Gasteiger partial charge in [0.2, 0.25) is 6.41 Å². The van der Waals surface area contributed by atoms with Gasteiger partial charge in [-0.3, -0.25) is 4.79 Å². The second kappa shape index (κ2) is 4.99. The number of nitrogens with one attached hydrogen (secondary N) is 1. The van der Waals surface area contributed by atoms with Crippen molar-refractivity contribution in [3.05, 3.63) is 48.0 Å². The first-order valence-electron chi connectivity index (χ1n) is 5.35. The van der Waals surface area contributed by atoms with Gasteiger partial charge in [-0.2, -0.15) is 0 Å². The van der Waals surface area contributed by atoms with Crippen LogP contribution < -0.4 is 5.32 Å². The molecule has 0 atom stereocenters. The van der Waals surface area contributed by atoms with E-state index in [4.69, 9.17) is 10.2 Å². The van der Waals surface area contributed by atoms with E-state index in [2.05, 4.69) is 10.3 Å². The van der Waals surface area contributed by atoms with Gasteiger partial charge in [-0.25, -0.2) is 4.98 Å². The monoisotopic (exact) mass is 247 g/mol. The molecule has 0 unspecified atom stereocenters. The zero-order valence-electron chi connectivity index (χ0n) is 9.74. The molecule has 2 rings (SSSR count). The Bertz CT molecular complexity index is 563. The Balaban J connectivity index is 2.11. The van der Waals surface area contributed by atoms with E-state index < -0.39 is 6.41 Å². The number of anilines is 1. The lowest BCUT2D eigenvalue weighted by atomic mass is 10.3. The number of carbonyl (C=O) groups excluding carboxylic acids is 1. The number of aliphatic hydroxyl groups excluding tert-OH is 1. The quantitative estimate of drug-likeness (QED) is 0.703. The summed E-state index contributed by atoms with van der Waals surface area (Å²) in [6, 6.07) is 6.72. The van der Waals surface area contributed by atoms with Gasteiger partial charge in [-0.15, -0.1) is 0 Å². The van der Waals surface area contributed by atoms with Gasteiger partial charge in [0.25, 0.3) is 5.91 Å². The number of amides is 1. The lowest BCUT2D eigenvalue weighted by Gasteiger charge is -2.04. The van der Waals surface area contributed by atoms with E-state index in [1.165, 1.54) is 12.4 Å².